The van der Waals surface area contributed by atoms with Crippen molar-refractivity contribution in [3.05, 3.63) is 47.1 Å². The lowest BCUT2D eigenvalue weighted by Crippen LogP contribution is -2.10. The Morgan fingerprint density at radius 3 is 3.14 bits per heavy atom. The number of rotatable bonds is 2. The van der Waals surface area contributed by atoms with Gasteiger partial charge in [-0.3, -0.25) is 0 Å². The Morgan fingerprint density at radius 1 is 1.24 bits per heavy atom. The fraction of sp³-hybridized carbons (Fsp3) is 0.250. The lowest BCUT2D eigenvalue weighted by atomic mass is 9.89. The van der Waals surface area contributed by atoms with Crippen LogP contribution in [0, 0.1) is 0 Å². The largest absolute Gasteiger partial charge is 0.437 e. The van der Waals surface area contributed by atoms with E-state index in [2.05, 4.69) is 9.97 Å². The van der Waals surface area contributed by atoms with E-state index in [4.69, 9.17) is 4.74 Å². The number of nitrogens with zero attached hydrogens (tertiary/aromatic N) is 2. The van der Waals surface area contributed by atoms with Crippen molar-refractivity contribution in [2.75, 3.05) is 0 Å². The molecule has 1 unspecified atom stereocenters. The maximum Gasteiger partial charge on any atom is 0.240 e. The van der Waals surface area contributed by atoms with Crippen LogP contribution in [0.2, 0.25) is 0 Å². The highest BCUT2D eigenvalue weighted by molar-refractivity contribution is 7.17. The molecule has 1 atom stereocenters. The summed E-state index contributed by atoms with van der Waals surface area (Å²) >= 11 is 1.57. The van der Waals surface area contributed by atoms with Crippen LogP contribution in [0.3, 0.4) is 0 Å². The van der Waals surface area contributed by atoms with E-state index >= 15 is 0 Å². The molecular formula is C16H14N2O2S. The van der Waals surface area contributed by atoms with Gasteiger partial charge in [0.1, 0.15) is 16.8 Å². The highest BCUT2D eigenvalue weighted by Gasteiger charge is 2.21. The first-order valence-corrected chi connectivity index (χ1v) is 7.87. The summed E-state index contributed by atoms with van der Waals surface area (Å²) in [6.45, 7) is 0. The molecule has 0 spiro atoms. The van der Waals surface area contributed by atoms with Crippen LogP contribution in [-0.2, 0) is 6.42 Å². The lowest BCUT2D eigenvalue weighted by Gasteiger charge is -2.23. The van der Waals surface area contributed by atoms with Gasteiger partial charge in [-0.05, 0) is 42.3 Å². The Morgan fingerprint density at radius 2 is 2.19 bits per heavy atom. The van der Waals surface area contributed by atoms with E-state index < -0.39 is 0 Å². The van der Waals surface area contributed by atoms with Crippen molar-refractivity contribution in [3.63, 3.8) is 0 Å². The Bertz CT molecular complexity index is 800. The SMILES string of the molecule is OC1CCCc2c(Oc3ncnc4ccsc34)cccc21. The van der Waals surface area contributed by atoms with E-state index in [1.807, 2.05) is 29.6 Å². The van der Waals surface area contributed by atoms with Gasteiger partial charge in [0.25, 0.3) is 0 Å². The normalized spacial score (nSPS) is 17.7. The predicted molar refractivity (Wildman–Crippen MR) is 81.8 cm³/mol. The van der Waals surface area contributed by atoms with Gasteiger partial charge < -0.3 is 9.84 Å². The number of benzene rings is 1. The third kappa shape index (κ3) is 2.18. The summed E-state index contributed by atoms with van der Waals surface area (Å²) in [5.41, 5.74) is 2.98. The van der Waals surface area contributed by atoms with Gasteiger partial charge in [0.15, 0.2) is 0 Å². The average molecular weight is 298 g/mol. The van der Waals surface area contributed by atoms with E-state index in [1.165, 1.54) is 6.33 Å². The van der Waals surface area contributed by atoms with E-state index in [0.717, 1.165) is 46.4 Å². The van der Waals surface area contributed by atoms with Crippen LogP contribution in [0.4, 0.5) is 0 Å². The van der Waals surface area contributed by atoms with Crippen molar-refractivity contribution < 1.29 is 9.84 Å². The van der Waals surface area contributed by atoms with Gasteiger partial charge in [-0.1, -0.05) is 12.1 Å². The number of hydrogen-bond acceptors (Lipinski definition) is 5. The summed E-state index contributed by atoms with van der Waals surface area (Å²) in [4.78, 5) is 8.48. The standard InChI is InChI=1S/C16H14N2O2S/c19-13-5-1-4-11-10(13)3-2-6-14(11)20-16-15-12(7-8-21-15)17-9-18-16/h2-3,6-9,13,19H,1,4-5H2. The molecule has 3 aromatic rings. The van der Waals surface area contributed by atoms with E-state index in [-0.39, 0.29) is 6.10 Å². The second-order valence-electron chi connectivity index (χ2n) is 5.15. The molecule has 0 saturated carbocycles. The quantitative estimate of drug-likeness (QED) is 0.780. The molecule has 1 aliphatic rings. The summed E-state index contributed by atoms with van der Waals surface area (Å²) in [5.74, 6) is 1.38. The van der Waals surface area contributed by atoms with Gasteiger partial charge in [0.05, 0.1) is 11.6 Å². The zero-order valence-corrected chi connectivity index (χ0v) is 12.1. The minimum Gasteiger partial charge on any atom is -0.437 e. The van der Waals surface area contributed by atoms with Crippen molar-refractivity contribution in [1.82, 2.24) is 9.97 Å². The molecule has 0 amide bonds. The Balaban J connectivity index is 1.78. The molecule has 2 heterocycles. The molecule has 21 heavy (non-hydrogen) atoms. The number of aromatic nitrogens is 2. The van der Waals surface area contributed by atoms with Gasteiger partial charge in [-0.15, -0.1) is 11.3 Å². The van der Waals surface area contributed by atoms with Gasteiger partial charge in [0.2, 0.25) is 5.88 Å². The highest BCUT2D eigenvalue weighted by Crippen LogP contribution is 2.38. The zero-order valence-electron chi connectivity index (χ0n) is 11.3. The molecular weight excluding hydrogens is 284 g/mol. The maximum atomic E-state index is 10.1. The molecule has 0 aliphatic heterocycles. The average Bonchev–Trinajstić information content (AvgIpc) is 2.98. The van der Waals surface area contributed by atoms with Crippen molar-refractivity contribution in [2.24, 2.45) is 0 Å². The van der Waals surface area contributed by atoms with Crippen LogP contribution >= 0.6 is 11.3 Å². The van der Waals surface area contributed by atoms with Crippen molar-refractivity contribution in [3.8, 4) is 11.6 Å². The molecule has 1 N–H and O–H groups in total. The molecule has 1 aliphatic carbocycles. The third-order valence-corrected chi connectivity index (χ3v) is 4.74. The first-order chi connectivity index (χ1) is 10.3. The monoisotopic (exact) mass is 298 g/mol. The van der Waals surface area contributed by atoms with E-state index in [0.29, 0.717) is 5.88 Å². The molecule has 106 valence electrons. The summed E-state index contributed by atoms with van der Waals surface area (Å²) in [5, 5.41) is 12.1. The minimum absolute atomic E-state index is 0.385. The van der Waals surface area contributed by atoms with Gasteiger partial charge in [-0.2, -0.15) is 0 Å². The molecule has 5 heteroatoms. The first-order valence-electron chi connectivity index (χ1n) is 6.99. The van der Waals surface area contributed by atoms with Crippen molar-refractivity contribution in [1.29, 1.82) is 0 Å². The van der Waals surface area contributed by atoms with Crippen LogP contribution in [-0.4, -0.2) is 15.1 Å². The van der Waals surface area contributed by atoms with E-state index in [9.17, 15) is 5.11 Å². The topological polar surface area (TPSA) is 55.2 Å². The number of aliphatic hydroxyl groups excluding tert-OH is 1. The van der Waals surface area contributed by atoms with Crippen LogP contribution in [0.15, 0.2) is 36.0 Å². The summed E-state index contributed by atoms with van der Waals surface area (Å²) in [7, 11) is 0. The number of aliphatic hydroxyl groups is 1. The fourth-order valence-corrected chi connectivity index (χ4v) is 3.60. The molecule has 4 rings (SSSR count). The Hall–Kier alpha value is -1.98. The van der Waals surface area contributed by atoms with Crippen LogP contribution < -0.4 is 4.74 Å². The molecule has 0 fully saturated rings. The zero-order chi connectivity index (χ0) is 14.2. The third-order valence-electron chi connectivity index (χ3n) is 3.85. The smallest absolute Gasteiger partial charge is 0.240 e. The van der Waals surface area contributed by atoms with Crippen LogP contribution in [0.5, 0.6) is 11.6 Å². The van der Waals surface area contributed by atoms with Crippen LogP contribution in [0.25, 0.3) is 10.2 Å². The van der Waals surface area contributed by atoms with Gasteiger partial charge in [0, 0.05) is 5.56 Å². The molecule has 0 bridgehead atoms. The number of thiophene rings is 1. The molecule has 1 aromatic carbocycles. The van der Waals surface area contributed by atoms with Gasteiger partial charge in [-0.25, -0.2) is 9.97 Å². The van der Waals surface area contributed by atoms with Crippen LogP contribution in [0.1, 0.15) is 30.1 Å². The Kier molecular flexibility index (Phi) is 3.09. The lowest BCUT2D eigenvalue weighted by molar-refractivity contribution is 0.156. The first kappa shape index (κ1) is 12.7. The fourth-order valence-electron chi connectivity index (χ4n) is 2.83. The summed E-state index contributed by atoms with van der Waals surface area (Å²) < 4.78 is 7.00. The predicted octanol–water partition coefficient (Wildman–Crippen LogP) is 3.85. The Labute approximate surface area is 126 Å². The molecule has 0 radical (unpaired) electrons. The van der Waals surface area contributed by atoms with Crippen molar-refractivity contribution in [2.45, 2.75) is 25.4 Å². The maximum absolute atomic E-state index is 10.1. The van der Waals surface area contributed by atoms with E-state index in [1.54, 1.807) is 11.3 Å². The second kappa shape index (κ2) is 5.09. The summed E-state index contributed by atoms with van der Waals surface area (Å²) in [6, 6.07) is 7.80. The number of hydrogen-bond donors (Lipinski definition) is 1. The molecule has 4 nitrogen and oxygen atoms in total. The van der Waals surface area contributed by atoms with Gasteiger partial charge >= 0.3 is 0 Å². The molecule has 0 saturated heterocycles. The second-order valence-corrected chi connectivity index (χ2v) is 6.06. The molecule has 2 aromatic heterocycles. The van der Waals surface area contributed by atoms with Crippen molar-refractivity contribution >= 4 is 21.6 Å². The minimum atomic E-state index is -0.385. The number of fused-ring (bicyclic) bond motifs is 2. The highest BCUT2D eigenvalue weighted by atomic mass is 32.1. The summed E-state index contributed by atoms with van der Waals surface area (Å²) in [6.07, 6.45) is 3.87. The number of ether oxygens (including phenoxy) is 1.